The molecule has 23 heavy (non-hydrogen) atoms. The van der Waals surface area contributed by atoms with Gasteiger partial charge in [0, 0.05) is 5.39 Å². The van der Waals surface area contributed by atoms with E-state index in [0.717, 1.165) is 48.6 Å². The maximum atomic E-state index is 13.1. The molecule has 2 N–H and O–H groups in total. The lowest BCUT2D eigenvalue weighted by Crippen LogP contribution is -1.92. The molecule has 0 fully saturated rings. The van der Waals surface area contributed by atoms with E-state index in [9.17, 15) is 4.39 Å². The van der Waals surface area contributed by atoms with E-state index in [4.69, 9.17) is 5.73 Å². The van der Waals surface area contributed by atoms with Gasteiger partial charge in [0.05, 0.1) is 5.52 Å². The molecule has 0 atom stereocenters. The van der Waals surface area contributed by atoms with Crippen molar-refractivity contribution < 1.29 is 4.39 Å². The molecule has 0 aliphatic heterocycles. The van der Waals surface area contributed by atoms with Crippen LogP contribution in [0.2, 0.25) is 0 Å². The molecule has 1 aromatic heterocycles. The molecular formula is C20H21FN2. The van der Waals surface area contributed by atoms with Crippen LogP contribution in [0.3, 0.4) is 0 Å². The second kappa shape index (κ2) is 7.23. The van der Waals surface area contributed by atoms with Gasteiger partial charge < -0.3 is 5.73 Å². The Kier molecular flexibility index (Phi) is 4.86. The number of nitrogens with two attached hydrogens (primary N) is 1. The Morgan fingerprint density at radius 3 is 2.35 bits per heavy atom. The summed E-state index contributed by atoms with van der Waals surface area (Å²) in [6, 6.07) is 17.1. The van der Waals surface area contributed by atoms with Gasteiger partial charge in [0.1, 0.15) is 11.6 Å². The largest absolute Gasteiger partial charge is 0.384 e. The highest BCUT2D eigenvalue weighted by Gasteiger charge is 2.00. The van der Waals surface area contributed by atoms with Crippen LogP contribution in [0, 0.1) is 5.82 Å². The van der Waals surface area contributed by atoms with Gasteiger partial charge in [-0.05, 0) is 67.1 Å². The Hall–Kier alpha value is -2.42. The zero-order chi connectivity index (χ0) is 16.1. The monoisotopic (exact) mass is 308 g/mol. The van der Waals surface area contributed by atoms with Crippen molar-refractivity contribution in [1.82, 2.24) is 4.98 Å². The molecule has 3 heteroatoms. The van der Waals surface area contributed by atoms with Gasteiger partial charge in [-0.3, -0.25) is 0 Å². The number of aryl methyl sites for hydroxylation is 2. The molecular weight excluding hydrogens is 287 g/mol. The third kappa shape index (κ3) is 4.28. The first-order valence-electron chi connectivity index (χ1n) is 8.10. The molecule has 3 aromatic rings. The van der Waals surface area contributed by atoms with Gasteiger partial charge in [-0.2, -0.15) is 0 Å². The number of fused-ring (bicyclic) bond motifs is 1. The Morgan fingerprint density at radius 2 is 1.57 bits per heavy atom. The van der Waals surface area contributed by atoms with Gasteiger partial charge in [0.25, 0.3) is 0 Å². The van der Waals surface area contributed by atoms with Crippen LogP contribution in [0.15, 0.2) is 54.6 Å². The molecule has 118 valence electrons. The molecule has 1 heterocycles. The molecule has 0 saturated heterocycles. The van der Waals surface area contributed by atoms with Crippen LogP contribution >= 0.6 is 0 Å². The summed E-state index contributed by atoms with van der Waals surface area (Å²) in [5, 5.41) is 1.12. The van der Waals surface area contributed by atoms with Crippen molar-refractivity contribution in [2.45, 2.75) is 32.1 Å². The van der Waals surface area contributed by atoms with Crippen LogP contribution < -0.4 is 5.73 Å². The summed E-state index contributed by atoms with van der Waals surface area (Å²) in [6.07, 6.45) is 5.33. The lowest BCUT2D eigenvalue weighted by atomic mass is 10.0. The minimum absolute atomic E-state index is 0.148. The van der Waals surface area contributed by atoms with Gasteiger partial charge in [-0.25, -0.2) is 9.37 Å². The number of hydrogen-bond acceptors (Lipinski definition) is 2. The van der Waals surface area contributed by atoms with Gasteiger partial charge in [-0.15, -0.1) is 0 Å². The predicted octanol–water partition coefficient (Wildman–Crippen LogP) is 4.91. The van der Waals surface area contributed by atoms with Crippen LogP contribution in [0.4, 0.5) is 10.2 Å². The molecule has 0 amide bonds. The summed E-state index contributed by atoms with van der Waals surface area (Å²) in [6.45, 7) is 0. The van der Waals surface area contributed by atoms with Crippen molar-refractivity contribution in [2.75, 3.05) is 5.73 Å². The van der Waals surface area contributed by atoms with Crippen molar-refractivity contribution in [1.29, 1.82) is 0 Å². The van der Waals surface area contributed by atoms with E-state index in [2.05, 4.69) is 23.2 Å². The van der Waals surface area contributed by atoms with E-state index in [1.807, 2.05) is 18.2 Å². The van der Waals surface area contributed by atoms with Crippen LogP contribution in [0.25, 0.3) is 10.9 Å². The van der Waals surface area contributed by atoms with Crippen LogP contribution in [0.5, 0.6) is 0 Å². The quantitative estimate of drug-likeness (QED) is 0.657. The first kappa shape index (κ1) is 15.5. The summed E-state index contributed by atoms with van der Waals surface area (Å²) >= 11 is 0. The van der Waals surface area contributed by atoms with Gasteiger partial charge in [0.2, 0.25) is 0 Å². The number of pyridine rings is 1. The highest BCUT2D eigenvalue weighted by Crippen LogP contribution is 2.17. The highest BCUT2D eigenvalue weighted by atomic mass is 19.1. The third-order valence-electron chi connectivity index (χ3n) is 4.10. The topological polar surface area (TPSA) is 38.9 Å². The molecule has 0 bridgehead atoms. The Balaban J connectivity index is 1.49. The van der Waals surface area contributed by atoms with Gasteiger partial charge in [0.15, 0.2) is 0 Å². The molecule has 3 rings (SSSR count). The van der Waals surface area contributed by atoms with Crippen molar-refractivity contribution in [3.8, 4) is 0 Å². The number of nitrogens with zero attached hydrogens (tertiary/aromatic N) is 1. The molecule has 0 saturated carbocycles. The third-order valence-corrected chi connectivity index (χ3v) is 4.10. The van der Waals surface area contributed by atoms with Crippen molar-refractivity contribution in [3.05, 3.63) is 71.5 Å². The fraction of sp³-hybridized carbons (Fsp3) is 0.250. The first-order chi connectivity index (χ1) is 11.2. The summed E-state index contributed by atoms with van der Waals surface area (Å²) in [7, 11) is 0. The summed E-state index contributed by atoms with van der Waals surface area (Å²) in [4.78, 5) is 4.37. The van der Waals surface area contributed by atoms with Crippen molar-refractivity contribution in [2.24, 2.45) is 0 Å². The Labute approximate surface area is 136 Å². The van der Waals surface area contributed by atoms with Crippen LogP contribution in [-0.4, -0.2) is 4.98 Å². The molecule has 2 nitrogen and oxygen atoms in total. The second-order valence-electron chi connectivity index (χ2n) is 5.95. The number of halogens is 1. The van der Waals surface area contributed by atoms with Gasteiger partial charge >= 0.3 is 0 Å². The summed E-state index contributed by atoms with van der Waals surface area (Å²) in [5.74, 6) is 0.412. The Bertz CT molecular complexity index is 799. The fourth-order valence-corrected chi connectivity index (χ4v) is 2.86. The minimum atomic E-state index is -0.148. The Morgan fingerprint density at radius 1 is 0.826 bits per heavy atom. The maximum Gasteiger partial charge on any atom is 0.124 e. The molecule has 0 spiro atoms. The van der Waals surface area contributed by atoms with E-state index in [-0.39, 0.29) is 5.82 Å². The molecule has 0 aliphatic carbocycles. The van der Waals surface area contributed by atoms with Crippen molar-refractivity contribution >= 4 is 16.7 Å². The SMILES string of the molecule is Nc1ccc2ccc(CCCCCc3cccc(F)c3)cc2n1. The van der Waals surface area contributed by atoms with E-state index in [1.54, 1.807) is 12.1 Å². The standard InChI is InChI=1S/C20H21FN2/c21-18-8-4-7-15(13-18)5-2-1-3-6-16-9-10-17-11-12-20(22)23-19(17)14-16/h4,7-14H,1-3,5-6H2,(H2,22,23). The number of rotatable bonds is 6. The summed E-state index contributed by atoms with van der Waals surface area (Å²) < 4.78 is 13.1. The maximum absolute atomic E-state index is 13.1. The van der Waals surface area contributed by atoms with Crippen molar-refractivity contribution in [3.63, 3.8) is 0 Å². The van der Waals surface area contributed by atoms with Gasteiger partial charge in [-0.1, -0.05) is 30.7 Å². The highest BCUT2D eigenvalue weighted by molar-refractivity contribution is 5.80. The van der Waals surface area contributed by atoms with E-state index in [1.165, 1.54) is 11.6 Å². The average molecular weight is 308 g/mol. The lowest BCUT2D eigenvalue weighted by molar-refractivity contribution is 0.622. The van der Waals surface area contributed by atoms with E-state index < -0.39 is 0 Å². The average Bonchev–Trinajstić information content (AvgIpc) is 2.54. The van der Waals surface area contributed by atoms with Crippen LogP contribution in [0.1, 0.15) is 30.4 Å². The number of nitrogen functional groups attached to an aromatic ring is 1. The first-order valence-corrected chi connectivity index (χ1v) is 8.10. The number of aromatic nitrogens is 1. The molecule has 0 radical (unpaired) electrons. The zero-order valence-corrected chi connectivity index (χ0v) is 13.1. The molecule has 0 unspecified atom stereocenters. The van der Waals surface area contributed by atoms with E-state index in [0.29, 0.717) is 5.82 Å². The fourth-order valence-electron chi connectivity index (χ4n) is 2.86. The van der Waals surface area contributed by atoms with Crippen LogP contribution in [-0.2, 0) is 12.8 Å². The molecule has 0 aliphatic rings. The number of unbranched alkanes of at least 4 members (excludes halogenated alkanes) is 2. The predicted molar refractivity (Wildman–Crippen MR) is 93.8 cm³/mol. The molecule has 2 aromatic carbocycles. The number of benzene rings is 2. The summed E-state index contributed by atoms with van der Waals surface area (Å²) in [5.41, 5.74) is 9.07. The van der Waals surface area contributed by atoms with E-state index >= 15 is 0 Å². The number of anilines is 1. The zero-order valence-electron chi connectivity index (χ0n) is 13.1. The lowest BCUT2D eigenvalue weighted by Gasteiger charge is -2.05. The second-order valence-corrected chi connectivity index (χ2v) is 5.95. The number of hydrogen-bond donors (Lipinski definition) is 1. The minimum Gasteiger partial charge on any atom is -0.384 e. The normalized spacial score (nSPS) is 11.0. The smallest absolute Gasteiger partial charge is 0.124 e.